The maximum Gasteiger partial charge on any atom is 0.235 e. The summed E-state index contributed by atoms with van der Waals surface area (Å²) in [7, 11) is -3.49. The van der Waals surface area contributed by atoms with Crippen LogP contribution in [0.4, 0.5) is 10.1 Å². The molecule has 1 saturated heterocycles. The van der Waals surface area contributed by atoms with Gasteiger partial charge in [-0.25, -0.2) is 12.8 Å². The van der Waals surface area contributed by atoms with Gasteiger partial charge in [-0.2, -0.15) is 0 Å². The fourth-order valence-corrected chi connectivity index (χ4v) is 3.66. The summed E-state index contributed by atoms with van der Waals surface area (Å²) in [5.41, 5.74) is 0.165. The molecule has 1 fully saturated rings. The molecule has 0 amide bonds. The van der Waals surface area contributed by atoms with Gasteiger partial charge in [-0.05, 0) is 44.1 Å². The van der Waals surface area contributed by atoms with Crippen LogP contribution < -0.4 is 10.0 Å². The van der Waals surface area contributed by atoms with Gasteiger partial charge in [0.05, 0.1) is 10.9 Å². The summed E-state index contributed by atoms with van der Waals surface area (Å²) in [4.78, 5) is 0. The van der Waals surface area contributed by atoms with Gasteiger partial charge in [0.15, 0.2) is 0 Å². The molecule has 1 aliphatic heterocycles. The average Bonchev–Trinajstić information content (AvgIpc) is 2.28. The number of hydrogen-bond donors (Lipinski definition) is 2. The molecule has 0 aromatic heterocycles. The molecule has 7 heteroatoms. The first-order valence-corrected chi connectivity index (χ1v) is 7.58. The van der Waals surface area contributed by atoms with Crippen LogP contribution in [0.15, 0.2) is 18.2 Å². The largest absolute Gasteiger partial charge is 0.317 e. The molecule has 1 aromatic rings. The summed E-state index contributed by atoms with van der Waals surface area (Å²) < 4.78 is 39.7. The van der Waals surface area contributed by atoms with Crippen LogP contribution in [-0.2, 0) is 10.0 Å². The van der Waals surface area contributed by atoms with Crippen LogP contribution in [0, 0.1) is 5.82 Å². The van der Waals surface area contributed by atoms with E-state index in [1.165, 1.54) is 6.07 Å². The zero-order valence-corrected chi connectivity index (χ0v) is 11.2. The Kier molecular flexibility index (Phi) is 4.09. The fourth-order valence-electron chi connectivity index (χ4n) is 1.97. The van der Waals surface area contributed by atoms with E-state index in [4.69, 9.17) is 11.6 Å². The average molecular weight is 293 g/mol. The molecular formula is C11H14ClFN2O2S. The number of piperidine rings is 1. The van der Waals surface area contributed by atoms with E-state index in [9.17, 15) is 12.8 Å². The quantitative estimate of drug-likeness (QED) is 0.895. The third-order valence-corrected chi connectivity index (χ3v) is 4.94. The van der Waals surface area contributed by atoms with E-state index in [1.807, 2.05) is 0 Å². The zero-order chi connectivity index (χ0) is 13.2. The van der Waals surface area contributed by atoms with E-state index in [1.54, 1.807) is 0 Å². The second kappa shape index (κ2) is 5.42. The van der Waals surface area contributed by atoms with Crippen molar-refractivity contribution in [3.8, 4) is 0 Å². The Morgan fingerprint density at radius 3 is 2.56 bits per heavy atom. The normalized spacial score (nSPS) is 17.7. The molecule has 0 saturated carbocycles. The van der Waals surface area contributed by atoms with Crippen LogP contribution in [0.5, 0.6) is 0 Å². The lowest BCUT2D eigenvalue weighted by atomic mass is 10.2. The van der Waals surface area contributed by atoms with Crippen molar-refractivity contribution in [1.82, 2.24) is 5.32 Å². The molecule has 0 radical (unpaired) electrons. The summed E-state index contributed by atoms with van der Waals surface area (Å²) in [6, 6.07) is 3.64. The molecule has 4 nitrogen and oxygen atoms in total. The van der Waals surface area contributed by atoms with Gasteiger partial charge in [-0.3, -0.25) is 4.72 Å². The first-order chi connectivity index (χ1) is 8.47. The first kappa shape index (κ1) is 13.6. The highest BCUT2D eigenvalue weighted by Crippen LogP contribution is 2.22. The fraction of sp³-hybridized carbons (Fsp3) is 0.455. The number of sulfonamides is 1. The van der Waals surface area contributed by atoms with E-state index >= 15 is 0 Å². The third-order valence-electron chi connectivity index (χ3n) is 2.85. The topological polar surface area (TPSA) is 58.2 Å². The lowest BCUT2D eigenvalue weighted by Crippen LogP contribution is -2.38. The number of anilines is 1. The Hall–Kier alpha value is -0.850. The lowest BCUT2D eigenvalue weighted by molar-refractivity contribution is 0.499. The minimum absolute atomic E-state index is 0.165. The highest BCUT2D eigenvalue weighted by atomic mass is 35.5. The molecule has 100 valence electrons. The summed E-state index contributed by atoms with van der Waals surface area (Å²) >= 11 is 5.68. The monoisotopic (exact) mass is 292 g/mol. The number of hydrogen-bond acceptors (Lipinski definition) is 3. The van der Waals surface area contributed by atoms with E-state index in [-0.39, 0.29) is 10.7 Å². The van der Waals surface area contributed by atoms with Gasteiger partial charge in [0, 0.05) is 5.02 Å². The Labute approximate surface area is 111 Å². The van der Waals surface area contributed by atoms with Gasteiger partial charge in [0.1, 0.15) is 5.82 Å². The van der Waals surface area contributed by atoms with E-state index in [0.29, 0.717) is 25.9 Å². The van der Waals surface area contributed by atoms with Crippen molar-refractivity contribution in [3.05, 3.63) is 29.0 Å². The lowest BCUT2D eigenvalue weighted by Gasteiger charge is -2.23. The highest BCUT2D eigenvalue weighted by molar-refractivity contribution is 7.93. The van der Waals surface area contributed by atoms with Gasteiger partial charge in [-0.1, -0.05) is 11.6 Å². The predicted octanol–water partition coefficient (Wildman–Crippen LogP) is 1.97. The number of rotatable bonds is 3. The van der Waals surface area contributed by atoms with Crippen LogP contribution in [-0.4, -0.2) is 26.8 Å². The minimum Gasteiger partial charge on any atom is -0.317 e. The molecule has 1 aromatic carbocycles. The minimum atomic E-state index is -3.49. The summed E-state index contributed by atoms with van der Waals surface area (Å²) in [6.45, 7) is 1.35. The molecule has 2 rings (SSSR count). The van der Waals surface area contributed by atoms with Crippen molar-refractivity contribution in [2.24, 2.45) is 0 Å². The Balaban J connectivity index is 2.16. The third kappa shape index (κ3) is 3.34. The van der Waals surface area contributed by atoms with Crippen LogP contribution >= 0.6 is 11.6 Å². The molecule has 1 aliphatic rings. The molecule has 0 bridgehead atoms. The molecule has 0 aliphatic carbocycles. The standard InChI is InChI=1S/C11H14ClFN2O2S/c12-8-5-9(13)7-10(6-8)15-18(16,17)11-1-3-14-4-2-11/h5-7,11,14-15H,1-4H2. The van der Waals surface area contributed by atoms with Crippen molar-refractivity contribution in [2.45, 2.75) is 18.1 Å². The van der Waals surface area contributed by atoms with E-state index in [0.717, 1.165) is 12.1 Å². The maximum absolute atomic E-state index is 13.1. The van der Waals surface area contributed by atoms with Crippen molar-refractivity contribution in [1.29, 1.82) is 0 Å². The predicted molar refractivity (Wildman–Crippen MR) is 69.8 cm³/mol. The van der Waals surface area contributed by atoms with Crippen molar-refractivity contribution in [3.63, 3.8) is 0 Å². The molecule has 0 spiro atoms. The van der Waals surface area contributed by atoms with Gasteiger partial charge in [0.2, 0.25) is 10.0 Å². The summed E-state index contributed by atoms with van der Waals surface area (Å²) in [6.07, 6.45) is 1.11. The summed E-state index contributed by atoms with van der Waals surface area (Å²) in [5.74, 6) is -0.564. The Morgan fingerprint density at radius 1 is 1.28 bits per heavy atom. The molecular weight excluding hydrogens is 279 g/mol. The molecule has 2 N–H and O–H groups in total. The highest BCUT2D eigenvalue weighted by Gasteiger charge is 2.27. The zero-order valence-electron chi connectivity index (χ0n) is 9.62. The first-order valence-electron chi connectivity index (χ1n) is 5.66. The number of benzene rings is 1. The summed E-state index contributed by atoms with van der Waals surface area (Å²) in [5, 5.41) is 2.82. The van der Waals surface area contributed by atoms with Gasteiger partial charge in [0.25, 0.3) is 0 Å². The van der Waals surface area contributed by atoms with Gasteiger partial charge in [-0.15, -0.1) is 0 Å². The van der Waals surface area contributed by atoms with Crippen LogP contribution in [0.25, 0.3) is 0 Å². The smallest absolute Gasteiger partial charge is 0.235 e. The molecule has 1 heterocycles. The number of nitrogens with one attached hydrogen (secondary N) is 2. The SMILES string of the molecule is O=S(=O)(Nc1cc(F)cc(Cl)c1)C1CCNCC1. The van der Waals surface area contributed by atoms with Crippen LogP contribution in [0.3, 0.4) is 0 Å². The van der Waals surface area contributed by atoms with Crippen molar-refractivity contribution < 1.29 is 12.8 Å². The Morgan fingerprint density at radius 2 is 1.94 bits per heavy atom. The molecule has 18 heavy (non-hydrogen) atoms. The van der Waals surface area contributed by atoms with Crippen molar-refractivity contribution >= 4 is 27.3 Å². The van der Waals surface area contributed by atoms with E-state index < -0.39 is 21.1 Å². The van der Waals surface area contributed by atoms with Gasteiger partial charge >= 0.3 is 0 Å². The van der Waals surface area contributed by atoms with E-state index in [2.05, 4.69) is 10.0 Å². The van der Waals surface area contributed by atoms with Gasteiger partial charge < -0.3 is 5.32 Å². The molecule has 0 unspecified atom stereocenters. The van der Waals surface area contributed by atoms with Crippen LogP contribution in [0.2, 0.25) is 5.02 Å². The second-order valence-electron chi connectivity index (χ2n) is 4.25. The number of halogens is 2. The molecule has 0 atom stereocenters. The van der Waals surface area contributed by atoms with Crippen molar-refractivity contribution in [2.75, 3.05) is 17.8 Å². The maximum atomic E-state index is 13.1. The van der Waals surface area contributed by atoms with Crippen LogP contribution in [0.1, 0.15) is 12.8 Å². The second-order valence-corrected chi connectivity index (χ2v) is 6.65. The Bertz CT molecular complexity index is 510.